The van der Waals surface area contributed by atoms with E-state index in [0.717, 1.165) is 32.1 Å². The van der Waals surface area contributed by atoms with Gasteiger partial charge >= 0.3 is 35.8 Å². The molecule has 0 N–H and O–H groups in total. The van der Waals surface area contributed by atoms with Gasteiger partial charge in [0.2, 0.25) is 0 Å². The van der Waals surface area contributed by atoms with Gasteiger partial charge in [-0.05, 0) is 96.8 Å². The molecule has 0 aliphatic rings. The molecule has 0 bridgehead atoms. The van der Waals surface area contributed by atoms with E-state index in [1.54, 1.807) is 0 Å². The Hall–Kier alpha value is -3.18. The molecule has 0 radical (unpaired) electrons. The van der Waals surface area contributed by atoms with Crippen LogP contribution < -0.4 is 0 Å². The summed E-state index contributed by atoms with van der Waals surface area (Å²) in [6.45, 7) is 11.5. The molecule has 296 valence electrons. The van der Waals surface area contributed by atoms with Gasteiger partial charge in [-0.15, -0.1) is 0 Å². The van der Waals surface area contributed by atoms with E-state index < -0.39 is 5.41 Å². The average molecular weight is 729 g/mol. The molecule has 0 fully saturated rings. The molecule has 0 aromatic carbocycles. The van der Waals surface area contributed by atoms with Crippen LogP contribution in [0.4, 0.5) is 0 Å². The third-order valence-corrected chi connectivity index (χ3v) is 8.62. The Labute approximate surface area is 306 Å². The fourth-order valence-corrected chi connectivity index (χ4v) is 4.60. The van der Waals surface area contributed by atoms with Gasteiger partial charge in [0.15, 0.2) is 0 Å². The molecule has 0 heterocycles. The summed E-state index contributed by atoms with van der Waals surface area (Å²) in [6, 6.07) is 0. The molecule has 12 heteroatoms. The van der Waals surface area contributed by atoms with E-state index in [4.69, 9.17) is 28.4 Å². The highest BCUT2D eigenvalue weighted by atomic mass is 16.6. The van der Waals surface area contributed by atoms with E-state index >= 15 is 0 Å². The van der Waals surface area contributed by atoms with Crippen molar-refractivity contribution in [1.82, 2.24) is 0 Å². The fourth-order valence-electron chi connectivity index (χ4n) is 4.60. The molecule has 0 aliphatic carbocycles. The number of carbonyl (C=O) groups excluding carboxylic acids is 6. The zero-order valence-corrected chi connectivity index (χ0v) is 32.4. The van der Waals surface area contributed by atoms with E-state index in [1.807, 2.05) is 20.8 Å². The number of hydrogen-bond donors (Lipinski definition) is 0. The molecule has 0 aromatic rings. The van der Waals surface area contributed by atoms with Crippen LogP contribution in [-0.4, -0.2) is 75.5 Å². The minimum absolute atomic E-state index is 0.186. The molecule has 0 spiro atoms. The largest absolute Gasteiger partial charge is 0.466 e. The van der Waals surface area contributed by atoms with Crippen molar-refractivity contribution in [1.29, 1.82) is 0 Å². The third kappa shape index (κ3) is 29.1. The lowest BCUT2D eigenvalue weighted by atomic mass is 9.91. The predicted molar refractivity (Wildman–Crippen MR) is 192 cm³/mol. The lowest BCUT2D eigenvalue weighted by molar-refractivity contribution is -0.155. The summed E-state index contributed by atoms with van der Waals surface area (Å²) in [5, 5.41) is 0. The van der Waals surface area contributed by atoms with Gasteiger partial charge in [-0.25, -0.2) is 0 Å². The highest BCUT2D eigenvalue weighted by molar-refractivity contribution is 5.76. The molecule has 1 unspecified atom stereocenters. The smallest absolute Gasteiger partial charge is 0.311 e. The van der Waals surface area contributed by atoms with E-state index in [-0.39, 0.29) is 94.5 Å². The Balaban J connectivity index is 3.59. The van der Waals surface area contributed by atoms with Crippen LogP contribution in [0.2, 0.25) is 0 Å². The van der Waals surface area contributed by atoms with Gasteiger partial charge in [-0.2, -0.15) is 0 Å². The van der Waals surface area contributed by atoms with Gasteiger partial charge in [0, 0.05) is 32.1 Å². The van der Waals surface area contributed by atoms with Gasteiger partial charge in [-0.3, -0.25) is 28.8 Å². The second-order valence-corrected chi connectivity index (χ2v) is 13.6. The maximum Gasteiger partial charge on any atom is 0.311 e. The van der Waals surface area contributed by atoms with Gasteiger partial charge in [-0.1, -0.05) is 40.0 Å². The Bertz CT molecular complexity index is 977. The Morgan fingerprint density at radius 1 is 0.451 bits per heavy atom. The summed E-state index contributed by atoms with van der Waals surface area (Å²) in [6.07, 6.45) is 12.1. The first-order valence-electron chi connectivity index (χ1n) is 19.4. The maximum absolute atomic E-state index is 11.9. The van der Waals surface area contributed by atoms with Crippen LogP contribution in [0.5, 0.6) is 0 Å². The van der Waals surface area contributed by atoms with E-state index in [9.17, 15) is 28.8 Å². The van der Waals surface area contributed by atoms with Crippen molar-refractivity contribution in [2.45, 2.75) is 163 Å². The molecule has 0 rings (SSSR count). The zero-order chi connectivity index (χ0) is 38.2. The number of unbranched alkanes of at least 4 members (excludes halogenated alkanes) is 6. The van der Waals surface area contributed by atoms with Crippen molar-refractivity contribution < 1.29 is 57.2 Å². The van der Waals surface area contributed by atoms with Gasteiger partial charge in [0.05, 0.1) is 45.1 Å². The standard InChI is InChI=1S/C39H68O12/c1-6-9-20-32(7-2)31-51-37(44)24-14-18-29-49-35(42)23-13-17-28-48-34(41)22-12-16-27-47-33(40)21-11-10-15-26-46-36(43)25-19-30-50-38(45)39(4,5)8-3/h32H,6-31H2,1-5H3. The van der Waals surface area contributed by atoms with Crippen molar-refractivity contribution in [3.05, 3.63) is 0 Å². The minimum Gasteiger partial charge on any atom is -0.466 e. The molecular weight excluding hydrogens is 660 g/mol. The first-order chi connectivity index (χ1) is 24.4. The molecule has 0 aromatic heterocycles. The number of carbonyl (C=O) groups is 6. The molecule has 1 atom stereocenters. The maximum atomic E-state index is 11.9. The summed E-state index contributed by atoms with van der Waals surface area (Å²) >= 11 is 0. The first-order valence-corrected chi connectivity index (χ1v) is 19.4. The quantitative estimate of drug-likeness (QED) is 0.0368. The monoisotopic (exact) mass is 728 g/mol. The van der Waals surface area contributed by atoms with Crippen LogP contribution in [0.25, 0.3) is 0 Å². The Morgan fingerprint density at radius 2 is 0.824 bits per heavy atom. The van der Waals surface area contributed by atoms with Crippen molar-refractivity contribution in [3.8, 4) is 0 Å². The molecule has 0 saturated heterocycles. The van der Waals surface area contributed by atoms with E-state index in [0.29, 0.717) is 83.2 Å². The predicted octanol–water partition coefficient (Wildman–Crippen LogP) is 7.75. The SMILES string of the molecule is CCCCC(CC)COC(=O)CCCCOC(=O)CCCCOC(=O)CCCCOC(=O)CCCCCOC(=O)CCCOC(=O)C(C)(C)CC. The van der Waals surface area contributed by atoms with Crippen LogP contribution in [0.15, 0.2) is 0 Å². The highest BCUT2D eigenvalue weighted by Gasteiger charge is 2.26. The molecule has 51 heavy (non-hydrogen) atoms. The highest BCUT2D eigenvalue weighted by Crippen LogP contribution is 2.21. The fraction of sp³-hybridized carbons (Fsp3) is 0.846. The molecule has 0 saturated carbocycles. The molecule has 0 aliphatic heterocycles. The van der Waals surface area contributed by atoms with E-state index in [2.05, 4.69) is 13.8 Å². The van der Waals surface area contributed by atoms with Gasteiger partial charge in [0.25, 0.3) is 0 Å². The van der Waals surface area contributed by atoms with Crippen LogP contribution in [0, 0.1) is 11.3 Å². The van der Waals surface area contributed by atoms with E-state index in [1.165, 1.54) is 0 Å². The number of esters is 6. The second kappa shape index (κ2) is 31.5. The van der Waals surface area contributed by atoms with Crippen LogP contribution in [0.3, 0.4) is 0 Å². The van der Waals surface area contributed by atoms with Crippen molar-refractivity contribution in [2.75, 3.05) is 39.6 Å². The first kappa shape index (κ1) is 47.8. The number of ether oxygens (including phenoxy) is 6. The lowest BCUT2D eigenvalue weighted by Gasteiger charge is -2.20. The van der Waals surface area contributed by atoms with Crippen LogP contribution in [-0.2, 0) is 57.2 Å². The topological polar surface area (TPSA) is 158 Å². The number of rotatable bonds is 33. The lowest BCUT2D eigenvalue weighted by Crippen LogP contribution is -2.26. The second-order valence-electron chi connectivity index (χ2n) is 13.6. The van der Waals surface area contributed by atoms with Gasteiger partial charge < -0.3 is 28.4 Å². The summed E-state index contributed by atoms with van der Waals surface area (Å²) in [5.74, 6) is -1.30. The minimum atomic E-state index is -0.525. The molecule has 0 amide bonds. The number of hydrogen-bond acceptors (Lipinski definition) is 12. The van der Waals surface area contributed by atoms with Crippen molar-refractivity contribution >= 4 is 35.8 Å². The summed E-state index contributed by atoms with van der Waals surface area (Å²) in [7, 11) is 0. The summed E-state index contributed by atoms with van der Waals surface area (Å²) in [5.41, 5.74) is -0.525. The van der Waals surface area contributed by atoms with Crippen LogP contribution >= 0.6 is 0 Å². The third-order valence-electron chi connectivity index (χ3n) is 8.62. The summed E-state index contributed by atoms with van der Waals surface area (Å²) < 4.78 is 31.4. The van der Waals surface area contributed by atoms with Gasteiger partial charge in [0.1, 0.15) is 0 Å². The average Bonchev–Trinajstić information content (AvgIpc) is 3.10. The van der Waals surface area contributed by atoms with Crippen LogP contribution in [0.1, 0.15) is 163 Å². The Kier molecular flexibility index (Phi) is 29.6. The molecule has 12 nitrogen and oxygen atoms in total. The van der Waals surface area contributed by atoms with Crippen molar-refractivity contribution in [3.63, 3.8) is 0 Å². The summed E-state index contributed by atoms with van der Waals surface area (Å²) in [4.78, 5) is 71.4. The Morgan fingerprint density at radius 3 is 1.24 bits per heavy atom. The normalized spacial score (nSPS) is 11.7. The molecular formula is C39H68O12. The zero-order valence-electron chi connectivity index (χ0n) is 32.4. The van der Waals surface area contributed by atoms with Crippen molar-refractivity contribution in [2.24, 2.45) is 11.3 Å².